The summed E-state index contributed by atoms with van der Waals surface area (Å²) in [4.78, 5) is 43.2. The van der Waals surface area contributed by atoms with Gasteiger partial charge in [0.05, 0.1) is 12.6 Å². The van der Waals surface area contributed by atoms with Gasteiger partial charge >= 0.3 is 11.7 Å². The van der Waals surface area contributed by atoms with Gasteiger partial charge in [0.1, 0.15) is 13.2 Å². The lowest BCUT2D eigenvalue weighted by atomic mass is 10.2. The molecule has 0 aliphatic carbocycles. The highest BCUT2D eigenvalue weighted by Crippen LogP contribution is 2.20. The molecule has 0 radical (unpaired) electrons. The molecule has 1 aromatic carbocycles. The lowest BCUT2D eigenvalue weighted by Crippen LogP contribution is -2.41. The van der Waals surface area contributed by atoms with Crippen LogP contribution >= 0.6 is 0 Å². The van der Waals surface area contributed by atoms with E-state index in [1.165, 1.54) is 4.57 Å². The number of hydrogen-bond acceptors (Lipinski definition) is 6. The van der Waals surface area contributed by atoms with Crippen molar-refractivity contribution < 1.29 is 14.3 Å². The first-order valence-electron chi connectivity index (χ1n) is 10.9. The smallest absolute Gasteiger partial charge is 0.333 e. The molecule has 1 aliphatic heterocycles. The Balaban J connectivity index is 1.51. The Morgan fingerprint density at radius 2 is 2.00 bits per heavy atom. The summed E-state index contributed by atoms with van der Waals surface area (Å²) in [6, 6.07) is 9.21. The lowest BCUT2D eigenvalue weighted by molar-refractivity contribution is -0.145. The molecule has 10 heteroatoms. The van der Waals surface area contributed by atoms with E-state index in [0.29, 0.717) is 12.3 Å². The Labute approximate surface area is 188 Å². The number of aromatic nitrogens is 5. The number of fused-ring (bicyclic) bond motifs is 3. The zero-order valence-electron chi connectivity index (χ0n) is 18.6. The summed E-state index contributed by atoms with van der Waals surface area (Å²) in [5.74, 6) is -0.0974. The van der Waals surface area contributed by atoms with Crippen molar-refractivity contribution in [3.63, 3.8) is 0 Å². The van der Waals surface area contributed by atoms with Crippen molar-refractivity contribution >= 4 is 22.9 Å². The lowest BCUT2D eigenvalue weighted by Gasteiger charge is -2.11. The highest BCUT2D eigenvalue weighted by Gasteiger charge is 2.24. The topological polar surface area (TPSA) is 102 Å². The van der Waals surface area contributed by atoms with Crippen molar-refractivity contribution in [3.8, 4) is 0 Å². The predicted molar refractivity (Wildman–Crippen MR) is 120 cm³/mol. The first kappa shape index (κ1) is 21.2. The van der Waals surface area contributed by atoms with Gasteiger partial charge in [0.25, 0.3) is 5.56 Å². The number of ether oxygens (including phenoxy) is 2. The van der Waals surface area contributed by atoms with Gasteiger partial charge in [-0.2, -0.15) is 4.98 Å². The average molecular weight is 451 g/mol. The Kier molecular flexibility index (Phi) is 5.37. The van der Waals surface area contributed by atoms with Crippen LogP contribution in [0.15, 0.2) is 46.1 Å². The third kappa shape index (κ3) is 3.76. The van der Waals surface area contributed by atoms with Crippen molar-refractivity contribution in [1.29, 1.82) is 0 Å². The van der Waals surface area contributed by atoms with Gasteiger partial charge in [0.2, 0.25) is 5.78 Å². The third-order valence-corrected chi connectivity index (χ3v) is 6.08. The van der Waals surface area contributed by atoms with Crippen molar-refractivity contribution in [3.05, 3.63) is 68.6 Å². The van der Waals surface area contributed by atoms with E-state index in [1.807, 2.05) is 48.0 Å². The summed E-state index contributed by atoms with van der Waals surface area (Å²) >= 11 is 0. The molecule has 33 heavy (non-hydrogen) atoms. The minimum Gasteiger partial charge on any atom is -0.459 e. The molecule has 0 bridgehead atoms. The molecule has 0 spiro atoms. The Morgan fingerprint density at radius 1 is 1.21 bits per heavy atom. The number of carbonyl (C=O) groups is 1. The van der Waals surface area contributed by atoms with Gasteiger partial charge in [0.15, 0.2) is 11.2 Å². The van der Waals surface area contributed by atoms with Gasteiger partial charge in [0, 0.05) is 25.5 Å². The van der Waals surface area contributed by atoms with Gasteiger partial charge in [-0.05, 0) is 25.3 Å². The normalized spacial score (nSPS) is 16.1. The number of carbonyl (C=O) groups excluding carboxylic acids is 1. The molecule has 1 fully saturated rings. The molecular formula is C23H25N5O5. The second-order valence-corrected chi connectivity index (χ2v) is 8.35. The quantitative estimate of drug-likeness (QED) is 0.411. The summed E-state index contributed by atoms with van der Waals surface area (Å²) in [5.41, 5.74) is 1.07. The molecule has 3 aromatic heterocycles. The number of benzene rings is 1. The van der Waals surface area contributed by atoms with E-state index < -0.39 is 23.8 Å². The van der Waals surface area contributed by atoms with Crippen molar-refractivity contribution in [2.24, 2.45) is 7.05 Å². The first-order valence-corrected chi connectivity index (χ1v) is 10.9. The van der Waals surface area contributed by atoms with Crippen LogP contribution in [-0.2, 0) is 41.0 Å². The fourth-order valence-corrected chi connectivity index (χ4v) is 4.32. The first-order chi connectivity index (χ1) is 15.9. The van der Waals surface area contributed by atoms with Gasteiger partial charge < -0.3 is 14.0 Å². The second-order valence-electron chi connectivity index (χ2n) is 8.35. The van der Waals surface area contributed by atoms with Gasteiger partial charge in [-0.25, -0.2) is 9.36 Å². The van der Waals surface area contributed by atoms with Crippen LogP contribution in [0.4, 0.5) is 0 Å². The number of hydrogen-bond donors (Lipinski definition) is 0. The fourth-order valence-electron chi connectivity index (χ4n) is 4.32. The van der Waals surface area contributed by atoms with Crippen LogP contribution in [0, 0.1) is 6.92 Å². The van der Waals surface area contributed by atoms with Crippen molar-refractivity contribution in [2.45, 2.75) is 45.6 Å². The van der Waals surface area contributed by atoms with Crippen LogP contribution in [-0.4, -0.2) is 41.8 Å². The van der Waals surface area contributed by atoms with E-state index in [9.17, 15) is 14.4 Å². The number of imidazole rings is 2. The van der Waals surface area contributed by atoms with Crippen molar-refractivity contribution in [2.75, 3.05) is 6.61 Å². The third-order valence-electron chi connectivity index (χ3n) is 6.08. The molecule has 4 aromatic rings. The Hall–Kier alpha value is -3.66. The predicted octanol–water partition coefficient (Wildman–Crippen LogP) is 1.38. The second kappa shape index (κ2) is 8.36. The maximum atomic E-state index is 13.3. The van der Waals surface area contributed by atoms with E-state index in [-0.39, 0.29) is 23.9 Å². The molecule has 0 N–H and O–H groups in total. The molecule has 10 nitrogen and oxygen atoms in total. The van der Waals surface area contributed by atoms with E-state index in [2.05, 4.69) is 4.98 Å². The zero-order valence-corrected chi connectivity index (χ0v) is 18.6. The molecule has 0 saturated carbocycles. The largest absolute Gasteiger partial charge is 0.459 e. The Morgan fingerprint density at radius 3 is 2.73 bits per heavy atom. The molecule has 1 atom stereocenters. The van der Waals surface area contributed by atoms with Crippen LogP contribution in [0.5, 0.6) is 0 Å². The molecule has 0 unspecified atom stereocenters. The van der Waals surface area contributed by atoms with Crippen molar-refractivity contribution in [1.82, 2.24) is 23.1 Å². The van der Waals surface area contributed by atoms with Crippen LogP contribution in [0.2, 0.25) is 0 Å². The summed E-state index contributed by atoms with van der Waals surface area (Å²) in [7, 11) is 1.54. The van der Waals surface area contributed by atoms with Crippen LogP contribution < -0.4 is 11.2 Å². The number of aryl methyl sites for hydroxylation is 2. The molecule has 172 valence electrons. The molecule has 1 saturated heterocycles. The summed E-state index contributed by atoms with van der Waals surface area (Å²) in [5, 5.41) is 0. The minimum absolute atomic E-state index is 0.0686. The van der Waals surface area contributed by atoms with E-state index in [1.54, 1.807) is 11.4 Å². The highest BCUT2D eigenvalue weighted by molar-refractivity contribution is 5.76. The zero-order chi connectivity index (χ0) is 23.1. The monoisotopic (exact) mass is 451 g/mol. The van der Waals surface area contributed by atoms with Gasteiger partial charge in [-0.1, -0.05) is 30.3 Å². The van der Waals surface area contributed by atoms with E-state index in [4.69, 9.17) is 9.47 Å². The van der Waals surface area contributed by atoms with Crippen LogP contribution in [0.3, 0.4) is 0 Å². The maximum Gasteiger partial charge on any atom is 0.333 e. The standard InChI is InChI=1S/C23H25N5O5/c1-15-11-27-19-20(24-22(27)26(15)12-17-9-6-10-32-17)25(2)23(31)28(21(19)30)13-18(29)33-14-16-7-4-3-5-8-16/h3-5,7-8,11,17H,6,9-10,12-14H2,1-2H3/t17-/m1/s1. The number of esters is 1. The molecule has 5 rings (SSSR count). The summed E-state index contributed by atoms with van der Waals surface area (Å²) in [6.07, 6.45) is 3.92. The maximum absolute atomic E-state index is 13.3. The highest BCUT2D eigenvalue weighted by atomic mass is 16.5. The summed E-state index contributed by atoms with van der Waals surface area (Å²) < 4.78 is 16.9. The number of nitrogens with zero attached hydrogens (tertiary/aromatic N) is 5. The van der Waals surface area contributed by atoms with Gasteiger partial charge in [-0.15, -0.1) is 0 Å². The fraction of sp³-hybridized carbons (Fsp3) is 0.391. The van der Waals surface area contributed by atoms with E-state index in [0.717, 1.165) is 35.3 Å². The molecule has 1 aliphatic rings. The molecule has 0 amide bonds. The van der Waals surface area contributed by atoms with Crippen LogP contribution in [0.1, 0.15) is 24.1 Å². The van der Waals surface area contributed by atoms with Gasteiger partial charge in [-0.3, -0.25) is 18.6 Å². The molecule has 4 heterocycles. The average Bonchev–Trinajstić information content (AvgIpc) is 3.52. The van der Waals surface area contributed by atoms with E-state index >= 15 is 0 Å². The Bertz CT molecular complexity index is 1450. The SMILES string of the molecule is Cc1cn2c3c(=O)n(CC(=O)OCc4ccccc4)c(=O)n(C)c3nc2n1C[C@H]1CCCO1. The molecular weight excluding hydrogens is 426 g/mol. The minimum atomic E-state index is -0.662. The summed E-state index contributed by atoms with van der Waals surface area (Å²) in [6.45, 7) is 2.91. The number of rotatable bonds is 6. The van der Waals surface area contributed by atoms with Crippen LogP contribution in [0.25, 0.3) is 16.9 Å².